The number of nitro groups is 1. The Morgan fingerprint density at radius 1 is 0.917 bits per heavy atom. The molecule has 7 rings (SSSR count). The van der Waals surface area contributed by atoms with Crippen molar-refractivity contribution in [2.75, 3.05) is 53.0 Å². The highest BCUT2D eigenvalue weighted by atomic mass is 16.7. The summed E-state index contributed by atoms with van der Waals surface area (Å²) in [5, 5.41) is 39.2. The zero-order valence-corrected chi connectivity index (χ0v) is 41.5. The topological polar surface area (TPSA) is 210 Å². The van der Waals surface area contributed by atoms with Crippen molar-refractivity contribution in [1.29, 1.82) is 0 Å². The summed E-state index contributed by atoms with van der Waals surface area (Å²) in [5.41, 5.74) is 3.91. The molecule has 4 aromatic carbocycles. The lowest BCUT2D eigenvalue weighted by Gasteiger charge is -2.60. The molecule has 3 aliphatic rings. The third-order valence-corrected chi connectivity index (χ3v) is 13.7. The molecule has 0 unspecified atom stereocenters. The van der Waals surface area contributed by atoms with E-state index in [4.69, 9.17) is 38.4 Å². The molecule has 1 saturated carbocycles. The van der Waals surface area contributed by atoms with E-state index in [0.29, 0.717) is 78.6 Å². The van der Waals surface area contributed by atoms with Crippen LogP contribution in [0.15, 0.2) is 114 Å². The SMILES string of the molecule is C=CCO[C@@]12Oc3ccc(OC(=O)Nc4ccc(OC)cc4OC)cc3[C@H]3[C@H](CCCCO)[C@@H](CCCCO)C=C(C(=NOCc4ccc([N+](=O)[O-])cc4)C[C@@H]1N(CCC)C(=O)Cc1cccc(OC)c1)[C@H]32. The van der Waals surface area contributed by atoms with E-state index in [1.54, 1.807) is 55.7 Å². The van der Waals surface area contributed by atoms with Crippen LogP contribution in [0, 0.1) is 27.9 Å². The van der Waals surface area contributed by atoms with Crippen molar-refractivity contribution in [2.24, 2.45) is 22.9 Å². The number of hydrogen-bond donors (Lipinski definition) is 3. The summed E-state index contributed by atoms with van der Waals surface area (Å²) in [5.74, 6) is -0.597. The Kier molecular flexibility index (Phi) is 18.3. The van der Waals surface area contributed by atoms with Gasteiger partial charge in [-0.3, -0.25) is 20.2 Å². The summed E-state index contributed by atoms with van der Waals surface area (Å²) in [4.78, 5) is 47.8. The number of methoxy groups -OCH3 is 3. The number of aliphatic hydroxyl groups excluding tert-OH is 2. The molecule has 6 atom stereocenters. The number of carbonyl (C=O) groups is 2. The van der Waals surface area contributed by atoms with E-state index < -0.39 is 34.7 Å². The van der Waals surface area contributed by atoms with Gasteiger partial charge in [0.1, 0.15) is 41.4 Å². The highest BCUT2D eigenvalue weighted by molar-refractivity contribution is 6.03. The normalized spacial score (nSPS) is 21.2. The molecule has 3 N–H and O–H groups in total. The third kappa shape index (κ3) is 12.0. The van der Waals surface area contributed by atoms with Gasteiger partial charge in [-0.25, -0.2) is 4.79 Å². The molecule has 2 aliphatic carbocycles. The number of amides is 2. The molecule has 2 amide bonds. The third-order valence-electron chi connectivity index (χ3n) is 13.7. The second-order valence-corrected chi connectivity index (χ2v) is 18.2. The van der Waals surface area contributed by atoms with Crippen LogP contribution in [0.3, 0.4) is 0 Å². The molecule has 72 heavy (non-hydrogen) atoms. The van der Waals surface area contributed by atoms with Gasteiger partial charge in [-0.2, -0.15) is 0 Å². The number of benzene rings is 4. The molecule has 0 bridgehead atoms. The molecular weight excluding hydrogens is 925 g/mol. The monoisotopic (exact) mass is 990 g/mol. The first kappa shape index (κ1) is 52.9. The van der Waals surface area contributed by atoms with Gasteiger partial charge in [0.05, 0.1) is 56.6 Å². The zero-order chi connectivity index (χ0) is 51.2. The minimum Gasteiger partial charge on any atom is -0.497 e. The van der Waals surface area contributed by atoms with Crippen LogP contribution in [0.25, 0.3) is 0 Å². The van der Waals surface area contributed by atoms with Crippen LogP contribution in [0.5, 0.6) is 28.7 Å². The van der Waals surface area contributed by atoms with Crippen molar-refractivity contribution >= 4 is 29.1 Å². The summed E-state index contributed by atoms with van der Waals surface area (Å²) in [6.45, 7) is 6.52. The fourth-order valence-electron chi connectivity index (χ4n) is 10.5. The maximum absolute atomic E-state index is 15.1. The minimum absolute atomic E-state index is 0.00724. The number of allylic oxidation sites excluding steroid dienone is 1. The van der Waals surface area contributed by atoms with Crippen molar-refractivity contribution in [2.45, 2.75) is 89.1 Å². The second-order valence-electron chi connectivity index (χ2n) is 18.2. The molecule has 1 aliphatic heterocycles. The van der Waals surface area contributed by atoms with Crippen molar-refractivity contribution in [1.82, 2.24) is 4.90 Å². The van der Waals surface area contributed by atoms with Crippen molar-refractivity contribution in [3.63, 3.8) is 0 Å². The van der Waals surface area contributed by atoms with Gasteiger partial charge < -0.3 is 48.4 Å². The molecule has 384 valence electrons. The largest absolute Gasteiger partial charge is 0.497 e. The molecule has 17 heteroatoms. The van der Waals surface area contributed by atoms with Gasteiger partial charge in [-0.1, -0.05) is 49.2 Å². The van der Waals surface area contributed by atoms with E-state index in [-0.39, 0.29) is 68.4 Å². The molecular formula is C55H66N4O13. The number of nitro benzene ring substituents is 1. The van der Waals surface area contributed by atoms with Crippen LogP contribution < -0.4 is 29.0 Å². The van der Waals surface area contributed by atoms with Crippen LogP contribution in [0.4, 0.5) is 16.2 Å². The number of hydrogen-bond acceptors (Lipinski definition) is 14. The lowest BCUT2D eigenvalue weighted by Crippen LogP contribution is -2.70. The number of oxime groups is 1. The predicted molar refractivity (Wildman–Crippen MR) is 271 cm³/mol. The smallest absolute Gasteiger partial charge is 0.417 e. The molecule has 4 aromatic rings. The molecule has 0 saturated heterocycles. The number of ether oxygens (including phenoxy) is 6. The van der Waals surface area contributed by atoms with E-state index in [9.17, 15) is 25.1 Å². The maximum atomic E-state index is 15.1. The van der Waals surface area contributed by atoms with E-state index in [1.165, 1.54) is 26.4 Å². The fraction of sp³-hybridized carbons (Fsp3) is 0.436. The van der Waals surface area contributed by atoms with Crippen LogP contribution in [0.2, 0.25) is 0 Å². The number of unbranched alkanes of at least 4 members (excludes halogenated alkanes) is 2. The first-order chi connectivity index (χ1) is 35.0. The number of nitrogens with zero attached hydrogens (tertiary/aromatic N) is 3. The summed E-state index contributed by atoms with van der Waals surface area (Å²) in [7, 11) is 4.61. The fourth-order valence-corrected chi connectivity index (χ4v) is 10.5. The number of rotatable bonds is 25. The molecule has 0 spiro atoms. The van der Waals surface area contributed by atoms with Crippen molar-refractivity contribution < 1.29 is 58.0 Å². The van der Waals surface area contributed by atoms with Crippen LogP contribution >= 0.6 is 0 Å². The Morgan fingerprint density at radius 3 is 2.35 bits per heavy atom. The first-order valence-electron chi connectivity index (χ1n) is 24.6. The zero-order valence-electron chi connectivity index (χ0n) is 41.5. The molecule has 0 aromatic heterocycles. The van der Waals surface area contributed by atoms with Gasteiger partial charge in [-0.05, 0) is 115 Å². The van der Waals surface area contributed by atoms with Gasteiger partial charge in [0.2, 0.25) is 11.7 Å². The second kappa shape index (κ2) is 24.9. The van der Waals surface area contributed by atoms with Crippen LogP contribution in [-0.4, -0.2) is 97.3 Å². The number of carbonyl (C=O) groups excluding carboxylic acids is 2. The Morgan fingerprint density at radius 2 is 1.65 bits per heavy atom. The molecule has 1 fully saturated rings. The minimum atomic E-state index is -1.52. The predicted octanol–water partition coefficient (Wildman–Crippen LogP) is 9.55. The van der Waals surface area contributed by atoms with Crippen molar-refractivity contribution in [3.8, 4) is 28.7 Å². The maximum Gasteiger partial charge on any atom is 0.417 e. The van der Waals surface area contributed by atoms with Gasteiger partial charge >= 0.3 is 6.09 Å². The summed E-state index contributed by atoms with van der Waals surface area (Å²) < 4.78 is 36.9. The Hall–Kier alpha value is -6.95. The number of nitrogens with one attached hydrogen (secondary N) is 1. The molecule has 1 heterocycles. The van der Waals surface area contributed by atoms with E-state index in [1.807, 2.05) is 42.2 Å². The van der Waals surface area contributed by atoms with Crippen LogP contribution in [-0.2, 0) is 27.4 Å². The van der Waals surface area contributed by atoms with E-state index >= 15 is 4.79 Å². The number of aliphatic hydroxyl groups is 2. The van der Waals surface area contributed by atoms with Gasteiger partial charge in [0.15, 0.2) is 0 Å². The average Bonchev–Trinajstić information content (AvgIpc) is 3.38. The lowest BCUT2D eigenvalue weighted by molar-refractivity contribution is -0.384. The van der Waals surface area contributed by atoms with Gasteiger partial charge in [0.25, 0.3) is 5.69 Å². The Bertz CT molecular complexity index is 2580. The highest BCUT2D eigenvalue weighted by Gasteiger charge is 2.65. The van der Waals surface area contributed by atoms with E-state index in [0.717, 1.165) is 29.5 Å². The number of fused-ring (bicyclic) bond motifs is 2. The summed E-state index contributed by atoms with van der Waals surface area (Å²) >= 11 is 0. The molecule has 0 radical (unpaired) electrons. The molecule has 17 nitrogen and oxygen atoms in total. The average molecular weight is 991 g/mol. The Balaban J connectivity index is 1.39. The number of non-ortho nitro benzene ring substituents is 1. The Labute approximate surface area is 420 Å². The van der Waals surface area contributed by atoms with Crippen LogP contribution in [0.1, 0.15) is 80.9 Å². The van der Waals surface area contributed by atoms with E-state index in [2.05, 4.69) is 18.0 Å². The van der Waals surface area contributed by atoms with Gasteiger partial charge in [0, 0.05) is 55.9 Å². The lowest BCUT2D eigenvalue weighted by atomic mass is 9.55. The first-order valence-corrected chi connectivity index (χ1v) is 24.6. The van der Waals surface area contributed by atoms with Crippen molar-refractivity contribution in [3.05, 3.63) is 136 Å². The highest BCUT2D eigenvalue weighted by Crippen LogP contribution is 2.62. The summed E-state index contributed by atoms with van der Waals surface area (Å²) in [6, 6.07) is 23.0. The summed E-state index contributed by atoms with van der Waals surface area (Å²) in [6.07, 6.45) is 7.99. The standard InChI is InChI=1S/C55H66N4O13/c1-6-25-58(51(62)30-37-13-12-15-40(29-37)66-3)50-34-47(57-70-35-36-17-19-39(20-18-36)59(64)65)44-31-38(14-8-10-26-60)43(16-9-11-27-61)52-45-32-42(22-24-48(45)72-55(50,53(44)52)69-28-7-2)71-54(63)56-46-23-21-41(67-4)33-49(46)68-5/h7,12-13,15,17-24,29,31-33,38,43,50,52-53,60-61H,2,6,8-11,14,16,25-28,30,34-35H2,1,3-5H3,(H,56,63)/t38-,43+,50-,52+,53+,55+/m0/s1. The number of anilines is 1. The van der Waals surface area contributed by atoms with Gasteiger partial charge in [-0.15, -0.1) is 6.58 Å². The quantitative estimate of drug-likeness (QED) is 0.0245.